The lowest BCUT2D eigenvalue weighted by Crippen LogP contribution is -2.56. The van der Waals surface area contributed by atoms with Gasteiger partial charge < -0.3 is 10.4 Å². The second-order valence-corrected chi connectivity index (χ2v) is 4.91. The summed E-state index contributed by atoms with van der Waals surface area (Å²) in [5.41, 5.74) is -0.457. The predicted octanol–water partition coefficient (Wildman–Crippen LogP) is 1.04. The molecule has 0 rings (SSSR count). The summed E-state index contributed by atoms with van der Waals surface area (Å²) in [5.74, 6) is -0.0119. The third-order valence-electron chi connectivity index (χ3n) is 2.86. The molecule has 0 saturated heterocycles. The van der Waals surface area contributed by atoms with Crippen LogP contribution in [0.2, 0.25) is 0 Å². The first-order valence-corrected chi connectivity index (χ1v) is 6.04. The molecule has 16 heavy (non-hydrogen) atoms. The summed E-state index contributed by atoms with van der Waals surface area (Å²) in [6.45, 7) is 10.1. The average Bonchev–Trinajstić information content (AvgIpc) is 2.17. The van der Waals surface area contributed by atoms with Crippen LogP contribution in [0.5, 0.6) is 0 Å². The molecular weight excluding hydrogens is 204 g/mol. The van der Waals surface area contributed by atoms with E-state index in [0.29, 0.717) is 0 Å². The standard InChI is InChI=1S/C12H26N2O2/c1-6-7-8-13-11(16)9(2)14-12(4,5)10(3)15/h9-10,14-15H,6-8H2,1-5H3,(H,13,16). The highest BCUT2D eigenvalue weighted by Gasteiger charge is 2.27. The van der Waals surface area contributed by atoms with Gasteiger partial charge in [-0.05, 0) is 34.1 Å². The Morgan fingerprint density at radius 1 is 1.38 bits per heavy atom. The van der Waals surface area contributed by atoms with E-state index in [4.69, 9.17) is 0 Å². The fourth-order valence-electron chi connectivity index (χ4n) is 1.29. The highest BCUT2D eigenvalue weighted by Crippen LogP contribution is 2.09. The first-order valence-electron chi connectivity index (χ1n) is 6.04. The number of nitrogens with one attached hydrogen (secondary N) is 2. The Labute approximate surface area is 98.8 Å². The SMILES string of the molecule is CCCCNC(=O)C(C)NC(C)(C)C(C)O. The molecule has 0 radical (unpaired) electrons. The molecule has 0 bridgehead atoms. The van der Waals surface area contributed by atoms with Crippen LogP contribution in [-0.4, -0.2) is 35.2 Å². The number of hydrogen-bond acceptors (Lipinski definition) is 3. The lowest BCUT2D eigenvalue weighted by atomic mass is 9.97. The topological polar surface area (TPSA) is 61.4 Å². The number of carbonyl (C=O) groups is 1. The van der Waals surface area contributed by atoms with Gasteiger partial charge in [0.2, 0.25) is 5.91 Å². The predicted molar refractivity (Wildman–Crippen MR) is 66.3 cm³/mol. The minimum absolute atomic E-state index is 0.0119. The fraction of sp³-hybridized carbons (Fsp3) is 0.917. The number of aliphatic hydroxyl groups is 1. The van der Waals surface area contributed by atoms with Crippen molar-refractivity contribution in [2.75, 3.05) is 6.54 Å². The maximum absolute atomic E-state index is 11.7. The van der Waals surface area contributed by atoms with Crippen LogP contribution >= 0.6 is 0 Å². The Hall–Kier alpha value is -0.610. The zero-order chi connectivity index (χ0) is 12.8. The van der Waals surface area contributed by atoms with Gasteiger partial charge in [-0.3, -0.25) is 10.1 Å². The molecular formula is C12H26N2O2. The summed E-state index contributed by atoms with van der Waals surface area (Å²) in [5, 5.41) is 15.5. The number of amides is 1. The van der Waals surface area contributed by atoms with Crippen molar-refractivity contribution < 1.29 is 9.90 Å². The van der Waals surface area contributed by atoms with Crippen molar-refractivity contribution >= 4 is 5.91 Å². The average molecular weight is 230 g/mol. The summed E-state index contributed by atoms with van der Waals surface area (Å²) in [6.07, 6.45) is 1.57. The van der Waals surface area contributed by atoms with Crippen molar-refractivity contribution in [1.29, 1.82) is 0 Å². The molecule has 0 aromatic heterocycles. The molecule has 0 fully saturated rings. The maximum Gasteiger partial charge on any atom is 0.236 e. The van der Waals surface area contributed by atoms with Crippen molar-refractivity contribution in [3.63, 3.8) is 0 Å². The van der Waals surface area contributed by atoms with E-state index in [9.17, 15) is 9.90 Å². The summed E-state index contributed by atoms with van der Waals surface area (Å²) in [4.78, 5) is 11.7. The molecule has 3 N–H and O–H groups in total. The molecule has 0 spiro atoms. The van der Waals surface area contributed by atoms with Gasteiger partial charge in [0, 0.05) is 12.1 Å². The number of rotatable bonds is 7. The molecule has 0 heterocycles. The van der Waals surface area contributed by atoms with E-state index in [2.05, 4.69) is 17.6 Å². The second kappa shape index (κ2) is 6.86. The first-order chi connectivity index (χ1) is 7.31. The Bertz CT molecular complexity index is 215. The Balaban J connectivity index is 4.05. The maximum atomic E-state index is 11.7. The smallest absolute Gasteiger partial charge is 0.236 e. The van der Waals surface area contributed by atoms with Crippen LogP contribution in [0.25, 0.3) is 0 Å². The van der Waals surface area contributed by atoms with Gasteiger partial charge in [-0.15, -0.1) is 0 Å². The van der Waals surface area contributed by atoms with Crippen LogP contribution in [0.15, 0.2) is 0 Å². The van der Waals surface area contributed by atoms with E-state index in [1.165, 1.54) is 0 Å². The van der Waals surface area contributed by atoms with Gasteiger partial charge in [0.15, 0.2) is 0 Å². The minimum atomic E-state index is -0.501. The summed E-state index contributed by atoms with van der Waals surface area (Å²) < 4.78 is 0. The number of unbranched alkanes of at least 4 members (excludes halogenated alkanes) is 1. The van der Waals surface area contributed by atoms with Crippen LogP contribution in [0, 0.1) is 0 Å². The van der Waals surface area contributed by atoms with Gasteiger partial charge in [-0.25, -0.2) is 0 Å². The van der Waals surface area contributed by atoms with Gasteiger partial charge in [0.1, 0.15) is 0 Å². The van der Waals surface area contributed by atoms with Crippen LogP contribution in [0.3, 0.4) is 0 Å². The summed E-state index contributed by atoms with van der Waals surface area (Å²) in [7, 11) is 0. The van der Waals surface area contributed by atoms with Crippen molar-refractivity contribution in [3.8, 4) is 0 Å². The lowest BCUT2D eigenvalue weighted by molar-refractivity contribution is -0.123. The van der Waals surface area contributed by atoms with Gasteiger partial charge in [0.05, 0.1) is 12.1 Å². The first kappa shape index (κ1) is 15.4. The molecule has 2 unspecified atom stereocenters. The zero-order valence-corrected chi connectivity index (χ0v) is 11.1. The monoisotopic (exact) mass is 230 g/mol. The summed E-state index contributed by atoms with van der Waals surface area (Å²) in [6, 6.07) is -0.290. The Kier molecular flexibility index (Phi) is 6.60. The highest BCUT2D eigenvalue weighted by atomic mass is 16.3. The molecule has 0 aromatic carbocycles. The zero-order valence-electron chi connectivity index (χ0n) is 11.1. The highest BCUT2D eigenvalue weighted by molar-refractivity contribution is 5.81. The number of hydrogen-bond donors (Lipinski definition) is 3. The largest absolute Gasteiger partial charge is 0.392 e. The molecule has 0 aromatic rings. The third kappa shape index (κ3) is 5.47. The van der Waals surface area contributed by atoms with Crippen molar-refractivity contribution in [2.24, 2.45) is 0 Å². The fourth-order valence-corrected chi connectivity index (χ4v) is 1.29. The van der Waals surface area contributed by atoms with Crippen molar-refractivity contribution in [2.45, 2.75) is 65.1 Å². The van der Waals surface area contributed by atoms with Gasteiger partial charge in [-0.2, -0.15) is 0 Å². The quantitative estimate of drug-likeness (QED) is 0.573. The third-order valence-corrected chi connectivity index (χ3v) is 2.86. The van der Waals surface area contributed by atoms with E-state index in [1.54, 1.807) is 6.92 Å². The molecule has 2 atom stereocenters. The molecule has 0 aliphatic carbocycles. The van der Waals surface area contributed by atoms with Gasteiger partial charge in [-0.1, -0.05) is 13.3 Å². The number of aliphatic hydroxyl groups excluding tert-OH is 1. The molecule has 4 nitrogen and oxygen atoms in total. The lowest BCUT2D eigenvalue weighted by Gasteiger charge is -2.32. The van der Waals surface area contributed by atoms with E-state index >= 15 is 0 Å². The van der Waals surface area contributed by atoms with Crippen molar-refractivity contribution in [3.05, 3.63) is 0 Å². The minimum Gasteiger partial charge on any atom is -0.392 e. The molecule has 0 aliphatic rings. The van der Waals surface area contributed by atoms with E-state index in [-0.39, 0.29) is 11.9 Å². The van der Waals surface area contributed by atoms with E-state index in [0.717, 1.165) is 19.4 Å². The summed E-state index contributed by atoms with van der Waals surface area (Å²) >= 11 is 0. The molecule has 0 saturated carbocycles. The number of carbonyl (C=O) groups excluding carboxylic acids is 1. The van der Waals surface area contributed by atoms with Crippen LogP contribution in [0.1, 0.15) is 47.5 Å². The molecule has 1 amide bonds. The van der Waals surface area contributed by atoms with E-state index < -0.39 is 11.6 Å². The molecule has 96 valence electrons. The van der Waals surface area contributed by atoms with Gasteiger partial charge >= 0.3 is 0 Å². The molecule has 0 aliphatic heterocycles. The second-order valence-electron chi connectivity index (χ2n) is 4.91. The Morgan fingerprint density at radius 3 is 2.38 bits per heavy atom. The van der Waals surface area contributed by atoms with Gasteiger partial charge in [0.25, 0.3) is 0 Å². The van der Waals surface area contributed by atoms with E-state index in [1.807, 2.05) is 20.8 Å². The Morgan fingerprint density at radius 2 is 1.94 bits per heavy atom. The van der Waals surface area contributed by atoms with Crippen molar-refractivity contribution in [1.82, 2.24) is 10.6 Å². The van der Waals surface area contributed by atoms with Crippen LogP contribution in [0.4, 0.5) is 0 Å². The normalized spacial score (nSPS) is 15.6. The van der Waals surface area contributed by atoms with Crippen LogP contribution in [-0.2, 0) is 4.79 Å². The van der Waals surface area contributed by atoms with Crippen LogP contribution < -0.4 is 10.6 Å². The molecule has 4 heteroatoms.